The molecule has 2 amide bonds. The van der Waals surface area contributed by atoms with Gasteiger partial charge in [-0.15, -0.1) is 0 Å². The van der Waals surface area contributed by atoms with Crippen LogP contribution in [0.1, 0.15) is 19.3 Å². The molecule has 0 spiro atoms. The number of hydrogen-bond acceptors (Lipinski definition) is 5. The average Bonchev–Trinajstić information content (AvgIpc) is 2.81. The Morgan fingerprint density at radius 3 is 2.46 bits per heavy atom. The molecule has 4 atom stereocenters. The van der Waals surface area contributed by atoms with Crippen LogP contribution in [0, 0.1) is 33.8 Å². The van der Waals surface area contributed by atoms with Gasteiger partial charge in [-0.3, -0.25) is 24.5 Å². The number of amides is 2. The first-order valence-electron chi connectivity index (χ1n) is 7.74. The molecule has 0 unspecified atom stereocenters. The summed E-state index contributed by atoms with van der Waals surface area (Å²) in [6, 6.07) is 3.65. The topological polar surface area (TPSA) is 97.6 Å². The van der Waals surface area contributed by atoms with E-state index in [2.05, 4.69) is 0 Å². The number of fused-ring (bicyclic) bond motifs is 2. The summed E-state index contributed by atoms with van der Waals surface area (Å²) in [7, 11) is 0. The molecule has 1 aliphatic heterocycles. The van der Waals surface area contributed by atoms with Crippen molar-refractivity contribution in [2.75, 3.05) is 4.90 Å². The highest BCUT2D eigenvalue weighted by Gasteiger charge is 2.61. The van der Waals surface area contributed by atoms with Gasteiger partial charge >= 0.3 is 0 Å². The predicted octanol–water partition coefficient (Wildman–Crippen LogP) is 2.35. The lowest BCUT2D eigenvalue weighted by atomic mass is 9.59. The van der Waals surface area contributed by atoms with E-state index in [9.17, 15) is 24.5 Å². The summed E-state index contributed by atoms with van der Waals surface area (Å²) < 4.78 is 0. The van der Waals surface area contributed by atoms with Gasteiger partial charge in [-0.2, -0.15) is 0 Å². The number of benzene rings is 1. The molecular weight excluding hydrogens is 336 g/mol. The van der Waals surface area contributed by atoms with E-state index < -0.39 is 28.6 Å². The molecule has 3 aliphatic carbocycles. The summed E-state index contributed by atoms with van der Waals surface area (Å²) in [5.74, 6) is -2.26. The molecule has 0 radical (unpaired) electrons. The lowest BCUT2D eigenvalue weighted by Crippen LogP contribution is -2.46. The Labute approximate surface area is 141 Å². The maximum Gasteiger partial charge on any atom is 0.271 e. The number of non-ortho nitro benzene ring substituents is 1. The van der Waals surface area contributed by atoms with E-state index in [1.54, 1.807) is 0 Å². The zero-order valence-corrected chi connectivity index (χ0v) is 13.2. The monoisotopic (exact) mass is 348 g/mol. The molecule has 7 nitrogen and oxygen atoms in total. The van der Waals surface area contributed by atoms with E-state index in [1.807, 2.05) is 0 Å². The standard InChI is InChI=1S/C16H13ClN2O5/c17-10-6-8(19(23)24)2-4-11(10)18-15(21)13-7-1-3-9(12(20)5-7)14(13)16(18)22/h2,4,6-7,9,13-14H,1,3,5H2/t7-,9+,13+,14-/m0/s1. The average molecular weight is 349 g/mol. The SMILES string of the molecule is O=C1C[C@@H]2CC[C@H]1[C@@H]1C(=O)N(c3ccc([N+](=O)[O-])cc3Cl)C(=O)[C@H]21. The van der Waals surface area contributed by atoms with Crippen molar-refractivity contribution in [2.24, 2.45) is 23.7 Å². The van der Waals surface area contributed by atoms with Crippen LogP contribution in [0.2, 0.25) is 5.02 Å². The van der Waals surface area contributed by atoms with Gasteiger partial charge < -0.3 is 0 Å². The van der Waals surface area contributed by atoms with Crippen molar-refractivity contribution in [3.05, 3.63) is 33.3 Å². The minimum absolute atomic E-state index is 0.0248. The number of nitro benzene ring substituents is 1. The third kappa shape index (κ3) is 1.94. The Balaban J connectivity index is 1.75. The van der Waals surface area contributed by atoms with Crippen LogP contribution in [0.4, 0.5) is 11.4 Å². The number of nitrogens with zero attached hydrogens (tertiary/aromatic N) is 2. The van der Waals surface area contributed by atoms with E-state index in [4.69, 9.17) is 11.6 Å². The molecule has 0 N–H and O–H groups in total. The maximum atomic E-state index is 12.8. The number of hydrogen-bond donors (Lipinski definition) is 0. The van der Waals surface area contributed by atoms with Gasteiger partial charge in [0, 0.05) is 24.5 Å². The van der Waals surface area contributed by atoms with Crippen LogP contribution in [0.5, 0.6) is 0 Å². The van der Waals surface area contributed by atoms with Crippen LogP contribution in [0.3, 0.4) is 0 Å². The molecule has 1 heterocycles. The lowest BCUT2D eigenvalue weighted by molar-refractivity contribution is -0.384. The Morgan fingerprint density at radius 2 is 1.83 bits per heavy atom. The van der Waals surface area contributed by atoms with Gasteiger partial charge in [-0.05, 0) is 24.8 Å². The van der Waals surface area contributed by atoms with Crippen molar-refractivity contribution in [1.29, 1.82) is 0 Å². The second-order valence-corrected chi connectivity index (χ2v) is 6.98. The van der Waals surface area contributed by atoms with E-state index in [-0.39, 0.29) is 34.0 Å². The highest BCUT2D eigenvalue weighted by Crippen LogP contribution is 2.52. The van der Waals surface area contributed by atoms with Crippen molar-refractivity contribution >= 4 is 40.6 Å². The molecule has 3 saturated carbocycles. The predicted molar refractivity (Wildman–Crippen MR) is 83.4 cm³/mol. The van der Waals surface area contributed by atoms with Gasteiger partial charge in [0.05, 0.1) is 27.5 Å². The Bertz CT molecular complexity index is 808. The van der Waals surface area contributed by atoms with Gasteiger partial charge in [0.15, 0.2) is 0 Å². The zero-order valence-electron chi connectivity index (χ0n) is 12.5. The van der Waals surface area contributed by atoms with E-state index >= 15 is 0 Å². The minimum atomic E-state index is -0.608. The molecule has 124 valence electrons. The van der Waals surface area contributed by atoms with Crippen molar-refractivity contribution in [3.63, 3.8) is 0 Å². The third-order valence-corrected chi connectivity index (χ3v) is 5.75. The normalized spacial score (nSPS) is 31.5. The molecule has 2 bridgehead atoms. The molecule has 4 fully saturated rings. The molecule has 0 aromatic heterocycles. The van der Waals surface area contributed by atoms with Gasteiger partial charge in [0.25, 0.3) is 5.69 Å². The molecule has 1 saturated heterocycles. The lowest BCUT2D eigenvalue weighted by Gasteiger charge is -2.41. The van der Waals surface area contributed by atoms with Crippen molar-refractivity contribution in [3.8, 4) is 0 Å². The number of carbonyl (C=O) groups excluding carboxylic acids is 3. The van der Waals surface area contributed by atoms with Crippen molar-refractivity contribution in [1.82, 2.24) is 0 Å². The van der Waals surface area contributed by atoms with Crippen LogP contribution in [0.15, 0.2) is 18.2 Å². The summed E-state index contributed by atoms with van der Waals surface area (Å²) in [4.78, 5) is 49.0. The molecule has 1 aromatic rings. The van der Waals surface area contributed by atoms with E-state index in [0.717, 1.165) is 17.4 Å². The second kappa shape index (κ2) is 5.11. The smallest absolute Gasteiger partial charge is 0.271 e. The van der Waals surface area contributed by atoms with Crippen LogP contribution in [-0.4, -0.2) is 22.5 Å². The minimum Gasteiger partial charge on any atom is -0.299 e. The quantitative estimate of drug-likeness (QED) is 0.464. The first-order valence-corrected chi connectivity index (χ1v) is 8.12. The van der Waals surface area contributed by atoms with Crippen LogP contribution < -0.4 is 4.90 Å². The molecule has 24 heavy (non-hydrogen) atoms. The summed E-state index contributed by atoms with van der Waals surface area (Å²) in [6.45, 7) is 0. The van der Waals surface area contributed by atoms with Gasteiger partial charge in [0.2, 0.25) is 11.8 Å². The van der Waals surface area contributed by atoms with Crippen LogP contribution >= 0.6 is 11.6 Å². The molecule has 8 heteroatoms. The summed E-state index contributed by atoms with van der Waals surface area (Å²) in [5, 5.41) is 10.8. The largest absolute Gasteiger partial charge is 0.299 e. The molecule has 1 aromatic carbocycles. The van der Waals surface area contributed by atoms with Gasteiger partial charge in [-0.25, -0.2) is 4.90 Å². The van der Waals surface area contributed by atoms with Gasteiger partial charge in [0.1, 0.15) is 5.78 Å². The Morgan fingerprint density at radius 1 is 1.12 bits per heavy atom. The molecule has 5 rings (SSSR count). The number of carbonyl (C=O) groups is 3. The highest BCUT2D eigenvalue weighted by atomic mass is 35.5. The van der Waals surface area contributed by atoms with E-state index in [0.29, 0.717) is 12.8 Å². The number of Topliss-reactive ketones (excluding diaryl/α,β-unsaturated/α-hetero) is 1. The summed E-state index contributed by atoms with van der Waals surface area (Å²) >= 11 is 6.08. The zero-order chi connectivity index (χ0) is 17.2. The number of ketones is 1. The number of rotatable bonds is 2. The fourth-order valence-corrected chi connectivity index (χ4v) is 4.67. The summed E-state index contributed by atoms with van der Waals surface area (Å²) in [6.07, 6.45) is 1.77. The van der Waals surface area contributed by atoms with Crippen LogP contribution in [0.25, 0.3) is 0 Å². The Hall–Kier alpha value is -2.28. The highest BCUT2D eigenvalue weighted by molar-refractivity contribution is 6.36. The number of nitro groups is 1. The number of halogens is 1. The third-order valence-electron chi connectivity index (χ3n) is 5.45. The summed E-state index contributed by atoms with van der Waals surface area (Å²) in [5.41, 5.74) is -0.0611. The second-order valence-electron chi connectivity index (χ2n) is 6.57. The van der Waals surface area contributed by atoms with E-state index in [1.165, 1.54) is 12.1 Å². The van der Waals surface area contributed by atoms with Crippen LogP contribution in [-0.2, 0) is 14.4 Å². The fraction of sp³-hybridized carbons (Fsp3) is 0.438. The molecule has 4 aliphatic rings. The molecular formula is C16H13ClN2O5. The van der Waals surface area contributed by atoms with Crippen molar-refractivity contribution < 1.29 is 19.3 Å². The Kier molecular flexibility index (Phi) is 3.25. The number of anilines is 1. The maximum absolute atomic E-state index is 12.8. The number of imide groups is 1. The first kappa shape index (κ1) is 15.3. The first-order chi connectivity index (χ1) is 11.4. The van der Waals surface area contributed by atoms with Gasteiger partial charge in [-0.1, -0.05) is 11.6 Å². The fourth-order valence-electron chi connectivity index (χ4n) is 4.41. The van der Waals surface area contributed by atoms with Crippen molar-refractivity contribution in [2.45, 2.75) is 19.3 Å².